The van der Waals surface area contributed by atoms with Gasteiger partial charge in [-0.3, -0.25) is 9.78 Å². The molecular weight excluding hydrogens is 291 g/mol. The van der Waals surface area contributed by atoms with Crippen molar-refractivity contribution in [1.82, 2.24) is 4.98 Å². The van der Waals surface area contributed by atoms with Gasteiger partial charge < -0.3 is 9.47 Å². The summed E-state index contributed by atoms with van der Waals surface area (Å²) in [6.45, 7) is 1.54. The fourth-order valence-corrected chi connectivity index (χ4v) is 1.51. The van der Waals surface area contributed by atoms with Crippen LogP contribution in [0.5, 0.6) is 5.88 Å². The molecule has 1 aromatic rings. The van der Waals surface area contributed by atoms with Crippen molar-refractivity contribution in [1.29, 1.82) is 0 Å². The van der Waals surface area contributed by atoms with Crippen molar-refractivity contribution in [3.8, 4) is 5.88 Å². The molecule has 19 heavy (non-hydrogen) atoms. The van der Waals surface area contributed by atoms with E-state index in [0.717, 1.165) is 6.07 Å². The van der Waals surface area contributed by atoms with Crippen LogP contribution in [0, 0.1) is 0 Å². The minimum absolute atomic E-state index is 0.0147. The van der Waals surface area contributed by atoms with E-state index < -0.39 is 29.3 Å². The third-order valence-corrected chi connectivity index (χ3v) is 2.23. The molecule has 0 saturated carbocycles. The van der Waals surface area contributed by atoms with Gasteiger partial charge in [-0.25, -0.2) is 4.79 Å². The molecule has 0 fully saturated rings. The zero-order chi connectivity index (χ0) is 14.6. The number of carbonyl (C=O) groups is 1. The van der Waals surface area contributed by atoms with Crippen molar-refractivity contribution < 1.29 is 27.4 Å². The van der Waals surface area contributed by atoms with Gasteiger partial charge in [0.05, 0.1) is 6.61 Å². The molecule has 0 bridgehead atoms. The van der Waals surface area contributed by atoms with Crippen molar-refractivity contribution in [2.75, 3.05) is 6.61 Å². The van der Waals surface area contributed by atoms with Gasteiger partial charge in [-0.1, -0.05) is 0 Å². The molecule has 1 heterocycles. The Kier molecular flexibility index (Phi) is 4.82. The molecule has 0 aliphatic carbocycles. The van der Waals surface area contributed by atoms with Crippen LogP contribution in [0.2, 0.25) is 0 Å². The van der Waals surface area contributed by atoms with Crippen LogP contribution in [0.1, 0.15) is 22.8 Å². The summed E-state index contributed by atoms with van der Waals surface area (Å²) in [5.74, 6) is -2.15. The molecule has 0 aromatic carbocycles. The van der Waals surface area contributed by atoms with E-state index in [1.807, 2.05) is 0 Å². The Morgan fingerprint density at radius 3 is 2.58 bits per heavy atom. The van der Waals surface area contributed by atoms with Gasteiger partial charge in [-0.15, -0.1) is 24.8 Å². The Bertz CT molecular complexity index is 526. The summed E-state index contributed by atoms with van der Waals surface area (Å²) < 4.78 is 44.2. The Balaban J connectivity index is 3.23. The average Bonchev–Trinajstić information content (AvgIpc) is 2.25. The molecule has 0 saturated heterocycles. The number of aromatic amines is 1. The number of esters is 1. The van der Waals surface area contributed by atoms with Crippen molar-refractivity contribution in [2.45, 2.75) is 19.2 Å². The molecular formula is C10H9ClF3NO4. The molecule has 0 spiro atoms. The first kappa shape index (κ1) is 15.4. The van der Waals surface area contributed by atoms with Gasteiger partial charge in [0.1, 0.15) is 5.56 Å². The highest BCUT2D eigenvalue weighted by Gasteiger charge is 2.32. The van der Waals surface area contributed by atoms with E-state index in [9.17, 15) is 22.8 Å². The zero-order valence-electron chi connectivity index (χ0n) is 9.64. The highest BCUT2D eigenvalue weighted by molar-refractivity contribution is 6.17. The Morgan fingerprint density at radius 1 is 1.47 bits per heavy atom. The summed E-state index contributed by atoms with van der Waals surface area (Å²) in [5, 5.41) is 0. The van der Waals surface area contributed by atoms with Crippen molar-refractivity contribution in [3.63, 3.8) is 0 Å². The van der Waals surface area contributed by atoms with E-state index in [-0.39, 0.29) is 18.1 Å². The predicted molar refractivity (Wildman–Crippen MR) is 59.3 cm³/mol. The number of pyridine rings is 1. The Hall–Kier alpha value is -1.70. The van der Waals surface area contributed by atoms with Gasteiger partial charge in [-0.05, 0) is 12.5 Å². The standard InChI is InChI=1S/C10H9ClF3NO4/c1-2-18-9(17)7-5(4-11)3-6(15-8(7)16)19-10(12,13)14/h3H,2,4H2,1H3,(H,15,16). The van der Waals surface area contributed by atoms with Gasteiger partial charge in [0.2, 0.25) is 5.88 Å². The van der Waals surface area contributed by atoms with Crippen LogP contribution in [0.15, 0.2) is 10.9 Å². The maximum Gasteiger partial charge on any atom is 0.574 e. The molecule has 0 unspecified atom stereocenters. The van der Waals surface area contributed by atoms with Crippen LogP contribution in [0.25, 0.3) is 0 Å². The van der Waals surface area contributed by atoms with Crippen molar-refractivity contribution >= 4 is 17.6 Å². The van der Waals surface area contributed by atoms with Gasteiger partial charge in [0.15, 0.2) is 0 Å². The topological polar surface area (TPSA) is 68.4 Å². The average molecular weight is 300 g/mol. The highest BCUT2D eigenvalue weighted by atomic mass is 35.5. The van der Waals surface area contributed by atoms with Crippen molar-refractivity contribution in [3.05, 3.63) is 27.5 Å². The van der Waals surface area contributed by atoms with E-state index >= 15 is 0 Å². The predicted octanol–water partition coefficient (Wildman–Crippen LogP) is 2.19. The SMILES string of the molecule is CCOC(=O)c1c(CCl)cc(OC(F)(F)F)[nH]c1=O. The number of hydrogen-bond acceptors (Lipinski definition) is 4. The molecule has 0 atom stereocenters. The van der Waals surface area contributed by atoms with E-state index in [0.29, 0.717) is 0 Å². The number of carbonyl (C=O) groups excluding carboxylic acids is 1. The molecule has 0 aliphatic rings. The second-order valence-electron chi connectivity index (χ2n) is 3.26. The Morgan fingerprint density at radius 2 is 2.11 bits per heavy atom. The van der Waals surface area contributed by atoms with Crippen LogP contribution in [0.4, 0.5) is 13.2 Å². The highest BCUT2D eigenvalue weighted by Crippen LogP contribution is 2.22. The summed E-state index contributed by atoms with van der Waals surface area (Å²) >= 11 is 5.49. The Labute approximate surface area is 110 Å². The summed E-state index contributed by atoms with van der Waals surface area (Å²) in [4.78, 5) is 24.8. The third-order valence-electron chi connectivity index (χ3n) is 1.94. The van der Waals surface area contributed by atoms with E-state index in [2.05, 4.69) is 9.47 Å². The fourth-order valence-electron chi connectivity index (χ4n) is 1.30. The molecule has 5 nitrogen and oxygen atoms in total. The summed E-state index contributed by atoms with van der Waals surface area (Å²) in [7, 11) is 0. The second-order valence-corrected chi connectivity index (χ2v) is 3.53. The van der Waals surface area contributed by atoms with Gasteiger partial charge >= 0.3 is 12.3 Å². The summed E-state index contributed by atoms with van der Waals surface area (Å²) in [6, 6.07) is 0.828. The maximum atomic E-state index is 12.0. The molecule has 1 N–H and O–H groups in total. The summed E-state index contributed by atoms with van der Waals surface area (Å²) in [6.07, 6.45) is -4.96. The van der Waals surface area contributed by atoms with E-state index in [1.54, 1.807) is 4.98 Å². The quantitative estimate of drug-likeness (QED) is 0.683. The maximum absolute atomic E-state index is 12.0. The smallest absolute Gasteiger partial charge is 0.462 e. The molecule has 0 aliphatic heterocycles. The largest absolute Gasteiger partial charge is 0.574 e. The monoisotopic (exact) mass is 299 g/mol. The van der Waals surface area contributed by atoms with E-state index in [4.69, 9.17) is 11.6 Å². The molecule has 9 heteroatoms. The minimum Gasteiger partial charge on any atom is -0.462 e. The zero-order valence-corrected chi connectivity index (χ0v) is 10.4. The number of alkyl halides is 4. The van der Waals surface area contributed by atoms with Gasteiger partial charge in [0.25, 0.3) is 5.56 Å². The van der Waals surface area contributed by atoms with Crippen LogP contribution >= 0.6 is 11.6 Å². The lowest BCUT2D eigenvalue weighted by atomic mass is 10.1. The third kappa shape index (κ3) is 4.16. The molecule has 106 valence electrons. The number of ether oxygens (including phenoxy) is 2. The first-order valence-corrected chi connectivity index (χ1v) is 5.57. The molecule has 1 aromatic heterocycles. The first-order chi connectivity index (χ1) is 8.78. The van der Waals surface area contributed by atoms with Crippen LogP contribution < -0.4 is 10.3 Å². The number of hydrogen-bond donors (Lipinski definition) is 1. The molecule has 1 rings (SSSR count). The fraction of sp³-hybridized carbons (Fsp3) is 0.400. The lowest BCUT2D eigenvalue weighted by Crippen LogP contribution is -2.25. The van der Waals surface area contributed by atoms with Crippen molar-refractivity contribution in [2.24, 2.45) is 0 Å². The van der Waals surface area contributed by atoms with E-state index in [1.165, 1.54) is 6.92 Å². The van der Waals surface area contributed by atoms with Crippen LogP contribution in [-0.2, 0) is 10.6 Å². The number of aromatic nitrogens is 1. The summed E-state index contributed by atoms with van der Waals surface area (Å²) in [5.41, 5.74) is -1.61. The lowest BCUT2D eigenvalue weighted by Gasteiger charge is -2.11. The van der Waals surface area contributed by atoms with Gasteiger partial charge in [-0.2, -0.15) is 0 Å². The number of rotatable bonds is 4. The number of halogens is 4. The lowest BCUT2D eigenvalue weighted by molar-refractivity contribution is -0.276. The molecule has 0 amide bonds. The number of H-pyrrole nitrogens is 1. The number of nitrogens with one attached hydrogen (secondary N) is 1. The second kappa shape index (κ2) is 5.96. The van der Waals surface area contributed by atoms with Gasteiger partial charge in [0, 0.05) is 11.9 Å². The van der Waals surface area contributed by atoms with Crippen LogP contribution in [0.3, 0.4) is 0 Å². The molecule has 0 radical (unpaired) electrons. The normalized spacial score (nSPS) is 11.2. The first-order valence-electron chi connectivity index (χ1n) is 5.03. The van der Waals surface area contributed by atoms with Crippen LogP contribution in [-0.4, -0.2) is 23.9 Å². The minimum atomic E-state index is -4.96.